The minimum absolute atomic E-state index is 0.0259. The van der Waals surface area contributed by atoms with Crippen LogP contribution >= 0.6 is 0 Å². The van der Waals surface area contributed by atoms with E-state index in [1.807, 2.05) is 0 Å². The molecule has 68 heavy (non-hydrogen) atoms. The number of hydrogen-bond acceptors (Lipinski definition) is 5. The van der Waals surface area contributed by atoms with Gasteiger partial charge in [0.05, 0.1) is 25.4 Å². The second-order valence-electron chi connectivity index (χ2n) is 21.4. The summed E-state index contributed by atoms with van der Waals surface area (Å²) in [5.74, 6) is -0.0854. The lowest BCUT2D eigenvalue weighted by atomic mass is 10.0. The summed E-state index contributed by atoms with van der Waals surface area (Å²) < 4.78 is 5.46. The molecule has 6 nitrogen and oxygen atoms in total. The van der Waals surface area contributed by atoms with Crippen LogP contribution < -0.4 is 5.32 Å². The molecule has 0 radical (unpaired) electrons. The van der Waals surface area contributed by atoms with Crippen molar-refractivity contribution in [1.82, 2.24) is 5.32 Å². The van der Waals surface area contributed by atoms with Gasteiger partial charge in [-0.2, -0.15) is 0 Å². The second-order valence-corrected chi connectivity index (χ2v) is 21.4. The van der Waals surface area contributed by atoms with Crippen molar-refractivity contribution in [2.24, 2.45) is 0 Å². The first-order valence-corrected chi connectivity index (χ1v) is 30.9. The van der Waals surface area contributed by atoms with Crippen molar-refractivity contribution in [3.05, 3.63) is 12.2 Å². The number of esters is 1. The van der Waals surface area contributed by atoms with Gasteiger partial charge in [0, 0.05) is 12.8 Å². The molecule has 0 spiro atoms. The number of rotatable bonds is 58. The average molecular weight is 961 g/mol. The average Bonchev–Trinajstić information content (AvgIpc) is 3.34. The molecule has 0 saturated carbocycles. The number of nitrogens with one attached hydrogen (secondary N) is 1. The summed E-state index contributed by atoms with van der Waals surface area (Å²) in [5.41, 5.74) is 0. The second kappa shape index (κ2) is 58.2. The Morgan fingerprint density at radius 1 is 0.397 bits per heavy atom. The third-order valence-electron chi connectivity index (χ3n) is 14.6. The van der Waals surface area contributed by atoms with Gasteiger partial charge in [0.1, 0.15) is 0 Å². The highest BCUT2D eigenvalue weighted by Gasteiger charge is 2.20. The summed E-state index contributed by atoms with van der Waals surface area (Å²) in [4.78, 5) is 24.6. The zero-order chi connectivity index (χ0) is 49.3. The van der Waals surface area contributed by atoms with Gasteiger partial charge in [-0.25, -0.2) is 0 Å². The fraction of sp³-hybridized carbons (Fsp3) is 0.935. The lowest BCUT2D eigenvalue weighted by molar-refractivity contribution is -0.143. The molecule has 0 rings (SSSR count). The van der Waals surface area contributed by atoms with Gasteiger partial charge in [-0.3, -0.25) is 9.59 Å². The minimum Gasteiger partial charge on any atom is -0.466 e. The number of ether oxygens (including phenoxy) is 1. The summed E-state index contributed by atoms with van der Waals surface area (Å²) in [6.45, 7) is 4.91. The molecule has 0 aromatic carbocycles. The third-order valence-corrected chi connectivity index (χ3v) is 14.6. The molecule has 2 unspecified atom stereocenters. The van der Waals surface area contributed by atoms with Gasteiger partial charge < -0.3 is 20.3 Å². The van der Waals surface area contributed by atoms with Gasteiger partial charge in [-0.05, 0) is 51.4 Å². The number of allylic oxidation sites excluding steroid dienone is 2. The van der Waals surface area contributed by atoms with Crippen LogP contribution in [0.25, 0.3) is 0 Å². The van der Waals surface area contributed by atoms with Crippen LogP contribution in [0, 0.1) is 0 Å². The summed E-state index contributed by atoms with van der Waals surface area (Å²) in [7, 11) is 0. The molecule has 0 bridgehead atoms. The lowest BCUT2D eigenvalue weighted by Gasteiger charge is -2.22. The van der Waals surface area contributed by atoms with Gasteiger partial charge in [0.15, 0.2) is 0 Å². The SMILES string of the molecule is CCCCCCCCCCCCCCCCCCCCCCCCCC(O)C(CO)NC(=O)CCCCCCC/C=C\CCCCOC(=O)CCCCCCCCCCCCCCCCCCC. The minimum atomic E-state index is -0.683. The molecule has 1 amide bonds. The summed E-state index contributed by atoms with van der Waals surface area (Å²) >= 11 is 0. The molecule has 0 aromatic heterocycles. The number of carbonyl (C=O) groups excluding carboxylic acids is 2. The first-order valence-electron chi connectivity index (χ1n) is 30.9. The van der Waals surface area contributed by atoms with E-state index in [1.54, 1.807) is 0 Å². The predicted octanol–water partition coefficient (Wildman–Crippen LogP) is 19.2. The van der Waals surface area contributed by atoms with Crippen molar-refractivity contribution in [3.63, 3.8) is 0 Å². The van der Waals surface area contributed by atoms with Crippen molar-refractivity contribution in [3.8, 4) is 0 Å². The highest BCUT2D eigenvalue weighted by Crippen LogP contribution is 2.18. The molecule has 0 aliphatic carbocycles. The first-order chi connectivity index (χ1) is 33.5. The summed E-state index contributed by atoms with van der Waals surface area (Å²) in [6, 6.07) is -0.563. The monoisotopic (exact) mass is 960 g/mol. The molecule has 2 atom stereocenters. The zero-order valence-electron chi connectivity index (χ0n) is 46.1. The molecule has 0 aliphatic heterocycles. The van der Waals surface area contributed by atoms with Gasteiger partial charge in [0.2, 0.25) is 5.91 Å². The van der Waals surface area contributed by atoms with Crippen LogP contribution in [0.15, 0.2) is 12.2 Å². The van der Waals surface area contributed by atoms with Crippen LogP contribution in [0.4, 0.5) is 0 Å². The van der Waals surface area contributed by atoms with Crippen LogP contribution in [-0.2, 0) is 14.3 Å². The van der Waals surface area contributed by atoms with Crippen LogP contribution in [0.1, 0.15) is 348 Å². The van der Waals surface area contributed by atoms with E-state index < -0.39 is 12.1 Å². The number of amides is 1. The van der Waals surface area contributed by atoms with E-state index in [2.05, 4.69) is 31.3 Å². The Labute approximate surface area is 425 Å². The van der Waals surface area contributed by atoms with Crippen molar-refractivity contribution >= 4 is 11.9 Å². The number of aliphatic hydroxyl groups excluding tert-OH is 2. The maximum Gasteiger partial charge on any atom is 0.305 e. The molecule has 0 aromatic rings. The molecule has 0 aliphatic rings. The number of hydrogen-bond donors (Lipinski definition) is 3. The largest absolute Gasteiger partial charge is 0.466 e. The number of aliphatic hydroxyl groups is 2. The lowest BCUT2D eigenvalue weighted by Crippen LogP contribution is -2.45. The summed E-state index contributed by atoms with van der Waals surface area (Å²) in [6.07, 6.45) is 69.3. The Kier molecular flexibility index (Phi) is 57.0. The van der Waals surface area contributed by atoms with Crippen molar-refractivity contribution in [2.75, 3.05) is 13.2 Å². The molecule has 0 saturated heterocycles. The predicted molar refractivity (Wildman–Crippen MR) is 297 cm³/mol. The van der Waals surface area contributed by atoms with E-state index in [0.29, 0.717) is 25.9 Å². The van der Waals surface area contributed by atoms with Crippen molar-refractivity contribution in [1.29, 1.82) is 0 Å². The molecule has 0 fully saturated rings. The van der Waals surface area contributed by atoms with E-state index in [9.17, 15) is 19.8 Å². The van der Waals surface area contributed by atoms with Crippen molar-refractivity contribution in [2.45, 2.75) is 360 Å². The fourth-order valence-corrected chi connectivity index (χ4v) is 9.81. The smallest absolute Gasteiger partial charge is 0.305 e. The quantitative estimate of drug-likeness (QED) is 0.0321. The summed E-state index contributed by atoms with van der Waals surface area (Å²) in [5, 5.41) is 23.3. The standard InChI is InChI=1S/C62H121NO5/c1-3-5-7-9-11-13-15-17-19-21-22-23-24-25-26-28-29-31-34-38-42-46-50-54-60(65)59(58-64)63-61(66)55-51-47-43-39-35-33-37-41-45-49-53-57-68-62(67)56-52-48-44-40-36-32-30-27-20-18-16-14-12-10-8-6-4-2/h37,41,59-60,64-65H,3-36,38-40,42-58H2,1-2H3,(H,63,66)/b41-37-. The van der Waals surface area contributed by atoms with Crippen LogP contribution in [0.3, 0.4) is 0 Å². The Balaban J connectivity index is 3.47. The number of carbonyl (C=O) groups is 2. The Morgan fingerprint density at radius 3 is 1.04 bits per heavy atom. The maximum absolute atomic E-state index is 12.5. The van der Waals surface area contributed by atoms with Gasteiger partial charge >= 0.3 is 5.97 Å². The highest BCUT2D eigenvalue weighted by molar-refractivity contribution is 5.76. The van der Waals surface area contributed by atoms with Gasteiger partial charge in [-0.1, -0.05) is 296 Å². The van der Waals surface area contributed by atoms with E-state index >= 15 is 0 Å². The fourth-order valence-electron chi connectivity index (χ4n) is 9.81. The topological polar surface area (TPSA) is 95.9 Å². The molecular weight excluding hydrogens is 839 g/mol. The van der Waals surface area contributed by atoms with Crippen LogP contribution in [-0.4, -0.2) is 47.4 Å². The maximum atomic E-state index is 12.5. The zero-order valence-corrected chi connectivity index (χ0v) is 46.1. The number of unbranched alkanes of at least 4 members (excludes halogenated alkanes) is 45. The molecule has 3 N–H and O–H groups in total. The molecule has 404 valence electrons. The van der Waals surface area contributed by atoms with Gasteiger partial charge in [0.25, 0.3) is 0 Å². The van der Waals surface area contributed by atoms with E-state index in [-0.39, 0.29) is 18.5 Å². The van der Waals surface area contributed by atoms with E-state index in [4.69, 9.17) is 4.74 Å². The van der Waals surface area contributed by atoms with E-state index in [0.717, 1.165) is 77.0 Å². The molecule has 6 heteroatoms. The normalized spacial score (nSPS) is 12.6. The molecule has 0 heterocycles. The van der Waals surface area contributed by atoms with Crippen molar-refractivity contribution < 1.29 is 24.5 Å². The Morgan fingerprint density at radius 2 is 0.691 bits per heavy atom. The van der Waals surface area contributed by atoms with Crippen LogP contribution in [0.2, 0.25) is 0 Å². The third kappa shape index (κ3) is 53.9. The first kappa shape index (κ1) is 66.6. The van der Waals surface area contributed by atoms with E-state index in [1.165, 1.54) is 238 Å². The van der Waals surface area contributed by atoms with Gasteiger partial charge in [-0.15, -0.1) is 0 Å². The molecular formula is C62H121NO5. The Hall–Kier alpha value is -1.40. The van der Waals surface area contributed by atoms with Crippen LogP contribution in [0.5, 0.6) is 0 Å². The highest BCUT2D eigenvalue weighted by atomic mass is 16.5. The Bertz CT molecular complexity index is 1020.